The Balaban J connectivity index is 1.24. The van der Waals surface area contributed by atoms with Gasteiger partial charge in [-0.05, 0) is 62.4 Å². The van der Waals surface area contributed by atoms with E-state index in [9.17, 15) is 28.8 Å². The lowest BCUT2D eigenvalue weighted by Gasteiger charge is -2.36. The maximum atomic E-state index is 14.2. The number of H-pyrrole nitrogens is 1. The molecule has 2 saturated heterocycles. The number of hydrogen-bond donors (Lipinski definition) is 7. The molecular weight excluding hydrogens is 686 g/mol. The highest BCUT2D eigenvalue weighted by Gasteiger charge is 2.45. The molecule has 7 N–H and O–H groups in total. The molecule has 16 nitrogen and oxygen atoms in total. The molecule has 53 heavy (non-hydrogen) atoms. The highest BCUT2D eigenvalue weighted by Crippen LogP contribution is 2.31. The highest BCUT2D eigenvalue weighted by molar-refractivity contribution is 5.97. The van der Waals surface area contributed by atoms with E-state index in [2.05, 4.69) is 31.2 Å². The molecule has 0 aliphatic carbocycles. The van der Waals surface area contributed by atoms with Gasteiger partial charge in [0.25, 0.3) is 6.10 Å². The summed E-state index contributed by atoms with van der Waals surface area (Å²) in [4.78, 5) is 86.1. The van der Waals surface area contributed by atoms with Crippen molar-refractivity contribution in [3.05, 3.63) is 83.9 Å². The van der Waals surface area contributed by atoms with Crippen LogP contribution in [0.1, 0.15) is 55.3 Å². The van der Waals surface area contributed by atoms with Gasteiger partial charge in [-0.3, -0.25) is 19.2 Å². The van der Waals surface area contributed by atoms with E-state index in [0.29, 0.717) is 36.9 Å². The smallest absolute Gasteiger partial charge is 0.356 e. The van der Waals surface area contributed by atoms with E-state index in [4.69, 9.17) is 14.9 Å². The molecule has 2 aliphatic rings. The number of carboxylic acids is 2. The molecule has 0 saturated carbocycles. The van der Waals surface area contributed by atoms with Gasteiger partial charge in [-0.1, -0.05) is 55.3 Å². The van der Waals surface area contributed by atoms with Crippen LogP contribution >= 0.6 is 0 Å². The van der Waals surface area contributed by atoms with Gasteiger partial charge >= 0.3 is 11.9 Å². The zero-order chi connectivity index (χ0) is 37.9. The van der Waals surface area contributed by atoms with Crippen molar-refractivity contribution in [2.24, 2.45) is 0 Å². The molecule has 282 valence electrons. The first kappa shape index (κ1) is 38.5. The summed E-state index contributed by atoms with van der Waals surface area (Å²) < 4.78 is 5.06. The van der Waals surface area contributed by atoms with Crippen molar-refractivity contribution < 1.29 is 43.7 Å². The van der Waals surface area contributed by atoms with E-state index >= 15 is 0 Å². The molecule has 16 heteroatoms. The van der Waals surface area contributed by atoms with Gasteiger partial charge < -0.3 is 46.1 Å². The van der Waals surface area contributed by atoms with Crippen LogP contribution in [0.3, 0.4) is 0 Å². The number of aromatic amines is 1. The standard InChI is InChI=1S/C37H45N7O9/c1-38-28(17-22-11-14-26(15-12-22)53-31(36(49)50)37(51)52)33(46)42-27-10-6-5-9-25-13-16-30(44(25)35(27)48)34(47)43-29(18-24-20-39-21-41-24)32(45)40-19-23-7-3-2-4-8-23/h2-4,7-8,11-12,14-15,20-21,25,27-31,38H,5-6,9-10,13,16-19H2,1H3,(H,39,41)(H,40,45)(H,42,46)(H,43,47)(H,49,50)(H,51,52)/t25?,27-,28-,29-,30-/m0/s1. The van der Waals surface area contributed by atoms with Gasteiger partial charge in [0, 0.05) is 25.2 Å². The Morgan fingerprint density at radius 1 is 0.887 bits per heavy atom. The molecule has 2 aliphatic heterocycles. The number of ether oxygens (including phenoxy) is 1. The minimum atomic E-state index is -2.06. The fraction of sp³-hybridized carbons (Fsp3) is 0.432. The fourth-order valence-electron chi connectivity index (χ4n) is 6.80. The number of nitrogens with one attached hydrogen (secondary N) is 5. The zero-order valence-electron chi connectivity index (χ0n) is 29.3. The fourth-order valence-corrected chi connectivity index (χ4v) is 6.80. The van der Waals surface area contributed by atoms with E-state index in [-0.39, 0.29) is 43.0 Å². The summed E-state index contributed by atoms with van der Waals surface area (Å²) in [5.74, 6) is -4.83. The number of carbonyl (C=O) groups is 6. The molecule has 5 atom stereocenters. The van der Waals surface area contributed by atoms with Gasteiger partial charge in [-0.25, -0.2) is 14.6 Å². The van der Waals surface area contributed by atoms with Crippen LogP contribution in [0.4, 0.5) is 0 Å². The lowest BCUT2D eigenvalue weighted by molar-refractivity contribution is -0.159. The van der Waals surface area contributed by atoms with Crippen LogP contribution in [0.2, 0.25) is 0 Å². The maximum Gasteiger partial charge on any atom is 0.356 e. The van der Waals surface area contributed by atoms with Crippen molar-refractivity contribution in [2.45, 2.75) is 94.2 Å². The third kappa shape index (κ3) is 10.2. The number of aromatic nitrogens is 2. The Labute approximate surface area is 306 Å². The van der Waals surface area contributed by atoms with Crippen molar-refractivity contribution in [2.75, 3.05) is 7.05 Å². The van der Waals surface area contributed by atoms with E-state index in [1.165, 1.54) is 18.5 Å². The molecule has 4 amide bonds. The monoisotopic (exact) mass is 731 g/mol. The topological polar surface area (TPSA) is 232 Å². The summed E-state index contributed by atoms with van der Waals surface area (Å²) in [7, 11) is 1.61. The summed E-state index contributed by atoms with van der Waals surface area (Å²) in [5.41, 5.74) is 2.17. The number of imidazole rings is 1. The Kier molecular flexibility index (Phi) is 13.2. The minimum Gasteiger partial charge on any atom is -0.478 e. The second kappa shape index (κ2) is 18.1. The van der Waals surface area contributed by atoms with Crippen molar-refractivity contribution in [1.29, 1.82) is 0 Å². The predicted octanol–water partition coefficient (Wildman–Crippen LogP) is 0.919. The van der Waals surface area contributed by atoms with E-state index in [1.54, 1.807) is 30.3 Å². The Hall–Kier alpha value is -5.77. The normalized spacial score (nSPS) is 19.6. The molecule has 2 aromatic carbocycles. The summed E-state index contributed by atoms with van der Waals surface area (Å²) in [6.07, 6.45) is 5.12. The van der Waals surface area contributed by atoms with Crippen LogP contribution in [-0.2, 0) is 48.2 Å². The van der Waals surface area contributed by atoms with Crippen LogP contribution < -0.4 is 26.0 Å². The number of hydrogen-bond acceptors (Lipinski definition) is 9. The van der Waals surface area contributed by atoms with Gasteiger partial charge in [0.1, 0.15) is 23.9 Å². The first-order valence-corrected chi connectivity index (χ1v) is 17.6. The molecular formula is C37H45N7O9. The van der Waals surface area contributed by atoms with Crippen LogP contribution in [-0.4, -0.2) is 104 Å². The van der Waals surface area contributed by atoms with Gasteiger partial charge in [-0.15, -0.1) is 0 Å². The number of carbonyl (C=O) groups excluding carboxylic acids is 4. The van der Waals surface area contributed by atoms with Gasteiger partial charge in [0.05, 0.1) is 18.1 Å². The molecule has 1 unspecified atom stereocenters. The number of amides is 4. The number of carboxylic acid groups (broad SMARTS) is 2. The van der Waals surface area contributed by atoms with Crippen molar-refractivity contribution in [3.63, 3.8) is 0 Å². The summed E-state index contributed by atoms with van der Waals surface area (Å²) in [6.45, 7) is 0.275. The van der Waals surface area contributed by atoms with Crippen LogP contribution in [0.25, 0.3) is 0 Å². The average molecular weight is 732 g/mol. The van der Waals surface area contributed by atoms with Gasteiger partial charge in [-0.2, -0.15) is 0 Å². The van der Waals surface area contributed by atoms with Gasteiger partial charge in [0.2, 0.25) is 23.6 Å². The quantitative estimate of drug-likeness (QED) is 0.102. The molecule has 0 spiro atoms. The van der Waals surface area contributed by atoms with E-state index < -0.39 is 54.0 Å². The van der Waals surface area contributed by atoms with Crippen LogP contribution in [0.15, 0.2) is 67.1 Å². The van der Waals surface area contributed by atoms with Gasteiger partial charge in [0.15, 0.2) is 0 Å². The summed E-state index contributed by atoms with van der Waals surface area (Å²) >= 11 is 0. The molecule has 0 radical (unpaired) electrons. The number of aliphatic carboxylic acids is 2. The number of nitrogens with zero attached hydrogens (tertiary/aromatic N) is 2. The lowest BCUT2D eigenvalue weighted by atomic mass is 9.98. The molecule has 5 rings (SSSR count). The van der Waals surface area contributed by atoms with Crippen molar-refractivity contribution >= 4 is 35.6 Å². The summed E-state index contributed by atoms with van der Waals surface area (Å²) in [6, 6.07) is 11.9. The van der Waals surface area contributed by atoms with E-state index in [1.807, 2.05) is 30.3 Å². The largest absolute Gasteiger partial charge is 0.478 e. The number of likely N-dealkylation sites (N-methyl/N-ethyl adjacent to an activating group) is 1. The maximum absolute atomic E-state index is 14.2. The molecule has 0 bridgehead atoms. The molecule has 3 aromatic rings. The highest BCUT2D eigenvalue weighted by atomic mass is 16.5. The first-order valence-electron chi connectivity index (χ1n) is 17.6. The van der Waals surface area contributed by atoms with Crippen LogP contribution in [0, 0.1) is 0 Å². The van der Waals surface area contributed by atoms with E-state index in [0.717, 1.165) is 18.4 Å². The predicted molar refractivity (Wildman–Crippen MR) is 189 cm³/mol. The minimum absolute atomic E-state index is 0.0353. The summed E-state index contributed by atoms with van der Waals surface area (Å²) in [5, 5.41) is 29.8. The molecule has 2 fully saturated rings. The Morgan fingerprint density at radius 3 is 2.26 bits per heavy atom. The zero-order valence-corrected chi connectivity index (χ0v) is 29.3. The molecule has 3 heterocycles. The molecule has 1 aromatic heterocycles. The first-order chi connectivity index (χ1) is 25.5. The van der Waals surface area contributed by atoms with Crippen molar-refractivity contribution in [1.82, 2.24) is 36.1 Å². The third-order valence-electron chi connectivity index (χ3n) is 9.60. The SMILES string of the molecule is CN[C@@H](Cc1ccc(OC(C(=O)O)C(=O)O)cc1)C(=O)N[C@H]1CCCCC2CC[C@@H](C(=O)N[C@@H](Cc3c[nH]cn3)C(=O)NCc3ccccc3)N2C1=O. The number of rotatable bonds is 16. The Bertz CT molecular complexity index is 1720. The van der Waals surface area contributed by atoms with Crippen LogP contribution in [0.5, 0.6) is 5.75 Å². The third-order valence-corrected chi connectivity index (χ3v) is 9.60. The second-order valence-corrected chi connectivity index (χ2v) is 13.2. The van der Waals surface area contributed by atoms with Crippen molar-refractivity contribution in [3.8, 4) is 5.75 Å². The Morgan fingerprint density at radius 2 is 1.60 bits per heavy atom. The number of fused-ring (bicyclic) bond motifs is 1. The lowest BCUT2D eigenvalue weighted by Crippen LogP contribution is -2.59. The average Bonchev–Trinajstić information content (AvgIpc) is 3.82. The second-order valence-electron chi connectivity index (χ2n) is 13.2. The number of benzene rings is 2.